The van der Waals surface area contributed by atoms with Gasteiger partial charge in [0.2, 0.25) is 5.91 Å². The molecule has 0 unspecified atom stereocenters. The molecule has 0 aliphatic heterocycles. The summed E-state index contributed by atoms with van der Waals surface area (Å²) in [5.41, 5.74) is 7.80. The van der Waals surface area contributed by atoms with E-state index in [0.29, 0.717) is 23.1 Å². The number of carbonyl (C=O) groups is 1. The lowest BCUT2D eigenvalue weighted by Crippen LogP contribution is -2.17. The van der Waals surface area contributed by atoms with Crippen LogP contribution in [0, 0.1) is 18.2 Å². The second-order valence-electron chi connectivity index (χ2n) is 4.65. The van der Waals surface area contributed by atoms with Crippen LogP contribution >= 0.6 is 0 Å². The lowest BCUT2D eigenvalue weighted by Gasteiger charge is -2.09. The van der Waals surface area contributed by atoms with Gasteiger partial charge in [-0.2, -0.15) is 0 Å². The Morgan fingerprint density at radius 2 is 1.85 bits per heavy atom. The Balaban J connectivity index is 2.28. The number of amides is 1. The first-order valence-corrected chi connectivity index (χ1v) is 6.20. The van der Waals surface area contributed by atoms with E-state index in [1.165, 1.54) is 6.07 Å². The molecule has 0 saturated carbocycles. The first-order chi connectivity index (χ1) is 9.49. The van der Waals surface area contributed by atoms with Crippen molar-refractivity contribution in [3.63, 3.8) is 0 Å². The van der Waals surface area contributed by atoms with Crippen molar-refractivity contribution in [3.05, 3.63) is 70.5 Å². The maximum Gasteiger partial charge on any atom is 0.249 e. The molecule has 2 aromatic carbocycles. The zero-order chi connectivity index (χ0) is 14.7. The smallest absolute Gasteiger partial charge is 0.249 e. The van der Waals surface area contributed by atoms with Crippen LogP contribution in [0.25, 0.3) is 0 Å². The Bertz CT molecular complexity index is 680. The van der Waals surface area contributed by atoms with Crippen LogP contribution < -0.4 is 5.73 Å². The van der Waals surface area contributed by atoms with Gasteiger partial charge in [-0.05, 0) is 30.2 Å². The van der Waals surface area contributed by atoms with Crippen molar-refractivity contribution in [1.29, 1.82) is 5.41 Å². The predicted octanol–water partition coefficient (Wildman–Crippen LogP) is 2.84. The SMILES string of the molecule is Cc1cc(CC(=N)c2ccccc2C(N)=O)ccc1F. The molecule has 0 aliphatic rings. The van der Waals surface area contributed by atoms with E-state index in [1.807, 2.05) is 0 Å². The van der Waals surface area contributed by atoms with Gasteiger partial charge in [0, 0.05) is 23.3 Å². The van der Waals surface area contributed by atoms with Crippen LogP contribution in [0.2, 0.25) is 0 Å². The highest BCUT2D eigenvalue weighted by Gasteiger charge is 2.12. The van der Waals surface area contributed by atoms with E-state index in [2.05, 4.69) is 0 Å². The molecule has 0 saturated heterocycles. The zero-order valence-electron chi connectivity index (χ0n) is 11.1. The van der Waals surface area contributed by atoms with Crippen molar-refractivity contribution < 1.29 is 9.18 Å². The van der Waals surface area contributed by atoms with E-state index in [1.54, 1.807) is 43.3 Å². The van der Waals surface area contributed by atoms with Gasteiger partial charge in [-0.15, -0.1) is 0 Å². The van der Waals surface area contributed by atoms with Gasteiger partial charge in [0.25, 0.3) is 0 Å². The number of rotatable bonds is 4. The van der Waals surface area contributed by atoms with Crippen LogP contribution in [-0.2, 0) is 6.42 Å². The number of hydrogen-bond acceptors (Lipinski definition) is 2. The summed E-state index contributed by atoms with van der Waals surface area (Å²) < 4.78 is 13.2. The van der Waals surface area contributed by atoms with Gasteiger partial charge in [0.1, 0.15) is 5.82 Å². The average molecular weight is 270 g/mol. The number of carbonyl (C=O) groups excluding carboxylic acids is 1. The molecule has 2 rings (SSSR count). The second-order valence-corrected chi connectivity index (χ2v) is 4.65. The van der Waals surface area contributed by atoms with Gasteiger partial charge in [-0.25, -0.2) is 4.39 Å². The number of aryl methyl sites for hydroxylation is 1. The molecule has 2 aromatic rings. The third kappa shape index (κ3) is 2.91. The molecular formula is C16H15FN2O. The zero-order valence-corrected chi connectivity index (χ0v) is 11.1. The molecule has 0 fully saturated rings. The molecule has 0 heterocycles. The van der Waals surface area contributed by atoms with E-state index in [9.17, 15) is 9.18 Å². The van der Waals surface area contributed by atoms with E-state index in [-0.39, 0.29) is 11.5 Å². The van der Waals surface area contributed by atoms with Crippen molar-refractivity contribution in [2.75, 3.05) is 0 Å². The minimum Gasteiger partial charge on any atom is -0.366 e. The van der Waals surface area contributed by atoms with Crippen molar-refractivity contribution in [3.8, 4) is 0 Å². The Labute approximate surface area is 116 Å². The Hall–Kier alpha value is -2.49. The molecular weight excluding hydrogens is 255 g/mol. The molecule has 3 N–H and O–H groups in total. The van der Waals surface area contributed by atoms with E-state index >= 15 is 0 Å². The minimum absolute atomic E-state index is 0.266. The van der Waals surface area contributed by atoms with Crippen LogP contribution in [0.4, 0.5) is 4.39 Å². The predicted molar refractivity (Wildman–Crippen MR) is 76.6 cm³/mol. The summed E-state index contributed by atoms with van der Waals surface area (Å²) in [4.78, 5) is 11.4. The van der Waals surface area contributed by atoms with E-state index in [0.717, 1.165) is 5.56 Å². The standard InChI is InChI=1S/C16H15FN2O/c1-10-8-11(6-7-14(10)17)9-15(18)12-4-2-3-5-13(12)16(19)20/h2-8,18H,9H2,1H3,(H2,19,20). The summed E-state index contributed by atoms with van der Waals surface area (Å²) in [7, 11) is 0. The second kappa shape index (κ2) is 5.65. The number of nitrogens with two attached hydrogens (primary N) is 1. The van der Waals surface area contributed by atoms with Crippen LogP contribution in [-0.4, -0.2) is 11.6 Å². The highest BCUT2D eigenvalue weighted by molar-refractivity contribution is 6.09. The molecule has 0 radical (unpaired) electrons. The third-order valence-corrected chi connectivity index (χ3v) is 3.12. The third-order valence-electron chi connectivity index (χ3n) is 3.12. The Morgan fingerprint density at radius 1 is 1.20 bits per heavy atom. The van der Waals surface area contributed by atoms with Gasteiger partial charge < -0.3 is 11.1 Å². The van der Waals surface area contributed by atoms with Gasteiger partial charge in [-0.1, -0.05) is 30.3 Å². The van der Waals surface area contributed by atoms with Crippen molar-refractivity contribution in [1.82, 2.24) is 0 Å². The molecule has 102 valence electrons. The van der Waals surface area contributed by atoms with E-state index in [4.69, 9.17) is 11.1 Å². The number of benzene rings is 2. The van der Waals surface area contributed by atoms with Crippen LogP contribution in [0.3, 0.4) is 0 Å². The summed E-state index contributed by atoms with van der Waals surface area (Å²) in [6.45, 7) is 1.68. The monoisotopic (exact) mass is 270 g/mol. The largest absolute Gasteiger partial charge is 0.366 e. The Kier molecular flexibility index (Phi) is 3.94. The average Bonchev–Trinajstić information content (AvgIpc) is 2.43. The maximum atomic E-state index is 13.2. The lowest BCUT2D eigenvalue weighted by molar-refractivity contribution is 0.1000. The highest BCUT2D eigenvalue weighted by Crippen LogP contribution is 2.15. The van der Waals surface area contributed by atoms with Crippen LogP contribution in [0.1, 0.15) is 27.0 Å². The number of primary amides is 1. The number of halogens is 1. The van der Waals surface area contributed by atoms with Crippen LogP contribution in [0.5, 0.6) is 0 Å². The van der Waals surface area contributed by atoms with Crippen molar-refractivity contribution in [2.45, 2.75) is 13.3 Å². The van der Waals surface area contributed by atoms with Crippen LogP contribution in [0.15, 0.2) is 42.5 Å². The Morgan fingerprint density at radius 3 is 2.45 bits per heavy atom. The first kappa shape index (κ1) is 13.9. The summed E-state index contributed by atoms with van der Waals surface area (Å²) in [5, 5.41) is 8.12. The fourth-order valence-corrected chi connectivity index (χ4v) is 2.08. The topological polar surface area (TPSA) is 66.9 Å². The molecule has 0 spiro atoms. The number of hydrogen-bond donors (Lipinski definition) is 2. The lowest BCUT2D eigenvalue weighted by atomic mass is 9.97. The fourth-order valence-electron chi connectivity index (χ4n) is 2.08. The van der Waals surface area contributed by atoms with Crippen molar-refractivity contribution >= 4 is 11.6 Å². The molecule has 4 heteroatoms. The summed E-state index contributed by atoms with van der Waals surface area (Å²) in [6, 6.07) is 11.5. The summed E-state index contributed by atoms with van der Waals surface area (Å²) in [6.07, 6.45) is 0.325. The van der Waals surface area contributed by atoms with Gasteiger partial charge >= 0.3 is 0 Å². The first-order valence-electron chi connectivity index (χ1n) is 6.20. The molecule has 20 heavy (non-hydrogen) atoms. The number of nitrogens with one attached hydrogen (secondary N) is 1. The maximum absolute atomic E-state index is 13.2. The molecule has 0 atom stereocenters. The normalized spacial score (nSPS) is 10.3. The minimum atomic E-state index is -0.555. The van der Waals surface area contributed by atoms with Gasteiger partial charge in [0.05, 0.1) is 0 Å². The molecule has 3 nitrogen and oxygen atoms in total. The van der Waals surface area contributed by atoms with Crippen molar-refractivity contribution in [2.24, 2.45) is 5.73 Å². The molecule has 0 bridgehead atoms. The molecule has 1 amide bonds. The quantitative estimate of drug-likeness (QED) is 0.824. The van der Waals surface area contributed by atoms with E-state index < -0.39 is 5.91 Å². The summed E-state index contributed by atoms with van der Waals surface area (Å²) in [5.74, 6) is -0.821. The fraction of sp³-hybridized carbons (Fsp3) is 0.125. The molecule has 0 aromatic heterocycles. The summed E-state index contributed by atoms with van der Waals surface area (Å²) >= 11 is 0. The highest BCUT2D eigenvalue weighted by atomic mass is 19.1. The van der Waals surface area contributed by atoms with Gasteiger partial charge in [-0.3, -0.25) is 4.79 Å². The van der Waals surface area contributed by atoms with Gasteiger partial charge in [0.15, 0.2) is 0 Å². The molecule has 0 aliphatic carbocycles.